The number of nitrogens with zero attached hydrogens (tertiary/aromatic N) is 2. The lowest BCUT2D eigenvalue weighted by Crippen LogP contribution is -2.30. The van der Waals surface area contributed by atoms with E-state index in [0.717, 1.165) is 15.2 Å². The van der Waals surface area contributed by atoms with Gasteiger partial charge in [0.2, 0.25) is 0 Å². The first kappa shape index (κ1) is 18.5. The second-order valence-corrected chi connectivity index (χ2v) is 7.00. The molecular formula is C20H17N3O3S. The highest BCUT2D eigenvalue weighted by molar-refractivity contribution is 7.18. The van der Waals surface area contributed by atoms with E-state index in [1.165, 1.54) is 6.92 Å². The third-order valence-corrected chi connectivity index (χ3v) is 4.91. The predicted octanol–water partition coefficient (Wildman–Crippen LogP) is 3.67. The van der Waals surface area contributed by atoms with Gasteiger partial charge in [0.05, 0.1) is 33.3 Å². The zero-order valence-corrected chi connectivity index (χ0v) is 15.5. The number of fused-ring (bicyclic) bond motifs is 1. The Kier molecular flexibility index (Phi) is 5.79. The summed E-state index contributed by atoms with van der Waals surface area (Å²) in [5.74, 6) is -0.902. The molecule has 1 unspecified atom stereocenters. The zero-order valence-electron chi connectivity index (χ0n) is 14.6. The fourth-order valence-electron chi connectivity index (χ4n) is 2.46. The molecule has 3 rings (SSSR count). The number of aromatic nitrogens is 1. The molecule has 136 valence electrons. The fourth-order valence-corrected chi connectivity index (χ4v) is 3.42. The molecule has 0 aliphatic rings. The summed E-state index contributed by atoms with van der Waals surface area (Å²) in [5.41, 5.74) is 1.84. The van der Waals surface area contributed by atoms with E-state index in [9.17, 15) is 9.59 Å². The van der Waals surface area contributed by atoms with Gasteiger partial charge >= 0.3 is 5.97 Å². The highest BCUT2D eigenvalue weighted by atomic mass is 32.1. The van der Waals surface area contributed by atoms with Gasteiger partial charge in [-0.1, -0.05) is 18.2 Å². The normalized spacial score (nSPS) is 11.6. The molecule has 0 saturated carbocycles. The van der Waals surface area contributed by atoms with E-state index in [2.05, 4.69) is 10.3 Å². The maximum atomic E-state index is 12.2. The van der Waals surface area contributed by atoms with Crippen molar-refractivity contribution < 1.29 is 14.3 Å². The highest BCUT2D eigenvalue weighted by Crippen LogP contribution is 2.22. The SMILES string of the molecule is CC(OC(=O)CCc1nc2ccccc2s1)C(=O)Nc1cccc(C#N)c1. The van der Waals surface area contributed by atoms with E-state index in [1.807, 2.05) is 30.3 Å². The number of ether oxygens (including phenoxy) is 1. The van der Waals surface area contributed by atoms with Crippen LogP contribution in [-0.4, -0.2) is 23.0 Å². The Hall–Kier alpha value is -3.24. The van der Waals surface area contributed by atoms with Gasteiger partial charge in [0.15, 0.2) is 6.10 Å². The number of amides is 1. The number of carbonyl (C=O) groups excluding carboxylic acids is 2. The van der Waals surface area contributed by atoms with Gasteiger partial charge in [0.25, 0.3) is 5.91 Å². The van der Waals surface area contributed by atoms with Gasteiger partial charge in [-0.15, -0.1) is 11.3 Å². The van der Waals surface area contributed by atoms with Crippen LogP contribution < -0.4 is 5.32 Å². The average molecular weight is 379 g/mol. The van der Waals surface area contributed by atoms with Crippen LogP contribution in [0.5, 0.6) is 0 Å². The van der Waals surface area contributed by atoms with Gasteiger partial charge in [-0.25, -0.2) is 4.98 Å². The molecule has 7 heteroatoms. The fraction of sp³-hybridized carbons (Fsp3) is 0.200. The molecule has 1 atom stereocenters. The molecule has 1 heterocycles. The van der Waals surface area contributed by atoms with Crippen molar-refractivity contribution >= 4 is 39.1 Å². The number of hydrogen-bond donors (Lipinski definition) is 1. The van der Waals surface area contributed by atoms with Crippen molar-refractivity contribution in [2.24, 2.45) is 0 Å². The highest BCUT2D eigenvalue weighted by Gasteiger charge is 2.18. The maximum Gasteiger partial charge on any atom is 0.306 e. The molecule has 1 amide bonds. The minimum absolute atomic E-state index is 0.154. The number of rotatable bonds is 6. The molecule has 27 heavy (non-hydrogen) atoms. The van der Waals surface area contributed by atoms with E-state index < -0.39 is 18.0 Å². The maximum absolute atomic E-state index is 12.2. The number of nitrogens with one attached hydrogen (secondary N) is 1. The zero-order chi connectivity index (χ0) is 19.2. The number of benzene rings is 2. The van der Waals surface area contributed by atoms with Crippen molar-refractivity contribution in [1.82, 2.24) is 4.98 Å². The van der Waals surface area contributed by atoms with Crippen LogP contribution in [0.3, 0.4) is 0 Å². The first-order valence-corrected chi connectivity index (χ1v) is 9.22. The van der Waals surface area contributed by atoms with Crippen LogP contribution in [0.4, 0.5) is 5.69 Å². The van der Waals surface area contributed by atoms with Crippen molar-refractivity contribution in [2.45, 2.75) is 25.9 Å². The van der Waals surface area contributed by atoms with Gasteiger partial charge in [0.1, 0.15) is 0 Å². The molecule has 0 saturated heterocycles. The lowest BCUT2D eigenvalue weighted by atomic mass is 10.2. The van der Waals surface area contributed by atoms with Crippen LogP contribution >= 0.6 is 11.3 Å². The number of thiazole rings is 1. The average Bonchev–Trinajstić information content (AvgIpc) is 3.09. The van der Waals surface area contributed by atoms with E-state index in [4.69, 9.17) is 10.00 Å². The summed E-state index contributed by atoms with van der Waals surface area (Å²) in [6, 6.07) is 16.3. The Balaban J connectivity index is 1.50. The van der Waals surface area contributed by atoms with Crippen LogP contribution in [0.2, 0.25) is 0 Å². The van der Waals surface area contributed by atoms with E-state index >= 15 is 0 Å². The summed E-state index contributed by atoms with van der Waals surface area (Å²) in [4.78, 5) is 28.7. The van der Waals surface area contributed by atoms with Crippen molar-refractivity contribution in [3.05, 3.63) is 59.1 Å². The van der Waals surface area contributed by atoms with Gasteiger partial charge in [-0.2, -0.15) is 5.26 Å². The van der Waals surface area contributed by atoms with E-state index in [0.29, 0.717) is 17.7 Å². The molecule has 0 spiro atoms. The minimum atomic E-state index is -0.932. The monoisotopic (exact) mass is 379 g/mol. The summed E-state index contributed by atoms with van der Waals surface area (Å²) in [5, 5.41) is 12.4. The van der Waals surface area contributed by atoms with Gasteiger partial charge < -0.3 is 10.1 Å². The molecule has 0 bridgehead atoms. The molecule has 0 fully saturated rings. The molecule has 0 radical (unpaired) electrons. The second-order valence-electron chi connectivity index (χ2n) is 5.89. The molecule has 2 aromatic carbocycles. The van der Waals surface area contributed by atoms with Crippen LogP contribution in [0.25, 0.3) is 10.2 Å². The summed E-state index contributed by atoms with van der Waals surface area (Å²) in [7, 11) is 0. The molecule has 0 aliphatic carbocycles. The van der Waals surface area contributed by atoms with Crippen LogP contribution in [0.1, 0.15) is 23.9 Å². The largest absolute Gasteiger partial charge is 0.453 e. The summed E-state index contributed by atoms with van der Waals surface area (Å²) >= 11 is 1.55. The quantitative estimate of drug-likeness (QED) is 0.660. The molecule has 0 aliphatic heterocycles. The first-order valence-electron chi connectivity index (χ1n) is 8.40. The third-order valence-electron chi connectivity index (χ3n) is 3.82. The molecule has 3 aromatic rings. The predicted molar refractivity (Wildman–Crippen MR) is 103 cm³/mol. The molecule has 1 aromatic heterocycles. The second kappa shape index (κ2) is 8.43. The number of carbonyl (C=O) groups is 2. The molecule has 6 nitrogen and oxygen atoms in total. The number of aryl methyl sites for hydroxylation is 1. The summed E-state index contributed by atoms with van der Waals surface area (Å²) in [6.07, 6.45) is -0.309. The minimum Gasteiger partial charge on any atom is -0.453 e. The van der Waals surface area contributed by atoms with Gasteiger partial charge in [-0.3, -0.25) is 9.59 Å². The first-order chi connectivity index (χ1) is 13.0. The smallest absolute Gasteiger partial charge is 0.306 e. The van der Waals surface area contributed by atoms with Crippen molar-refractivity contribution in [2.75, 3.05) is 5.32 Å². The van der Waals surface area contributed by atoms with Gasteiger partial charge in [-0.05, 0) is 37.3 Å². The number of esters is 1. The number of nitriles is 1. The number of hydrogen-bond acceptors (Lipinski definition) is 6. The lowest BCUT2D eigenvalue weighted by Gasteiger charge is -2.13. The topological polar surface area (TPSA) is 92.1 Å². The number of anilines is 1. The van der Waals surface area contributed by atoms with E-state index in [-0.39, 0.29) is 6.42 Å². The molecular weight excluding hydrogens is 362 g/mol. The van der Waals surface area contributed by atoms with Crippen LogP contribution in [0.15, 0.2) is 48.5 Å². The van der Waals surface area contributed by atoms with Crippen LogP contribution in [-0.2, 0) is 20.7 Å². The Bertz CT molecular complexity index is 989. The summed E-state index contributed by atoms with van der Waals surface area (Å²) in [6.45, 7) is 1.51. The van der Waals surface area contributed by atoms with Gasteiger partial charge in [0, 0.05) is 12.1 Å². The van der Waals surface area contributed by atoms with Crippen molar-refractivity contribution in [3.8, 4) is 6.07 Å². The Labute approximate surface area is 160 Å². The summed E-state index contributed by atoms with van der Waals surface area (Å²) < 4.78 is 6.27. The van der Waals surface area contributed by atoms with Crippen molar-refractivity contribution in [1.29, 1.82) is 5.26 Å². The van der Waals surface area contributed by atoms with E-state index in [1.54, 1.807) is 35.6 Å². The van der Waals surface area contributed by atoms with Crippen LogP contribution in [0, 0.1) is 11.3 Å². The molecule has 1 N–H and O–H groups in total. The third kappa shape index (κ3) is 4.90. The Morgan fingerprint density at radius 1 is 1.26 bits per heavy atom. The standard InChI is InChI=1S/C20H17N3O3S/c1-13(20(25)22-15-6-4-5-14(11-15)12-21)26-19(24)10-9-18-23-16-7-2-3-8-17(16)27-18/h2-8,11,13H,9-10H2,1H3,(H,22,25). The number of para-hydroxylation sites is 1. The van der Waals surface area contributed by atoms with Crippen molar-refractivity contribution in [3.63, 3.8) is 0 Å². The lowest BCUT2D eigenvalue weighted by molar-refractivity contribution is -0.153. The Morgan fingerprint density at radius 2 is 2.07 bits per heavy atom. The Morgan fingerprint density at radius 3 is 2.85 bits per heavy atom.